The summed E-state index contributed by atoms with van der Waals surface area (Å²) in [6, 6.07) is 9.73. The van der Waals surface area contributed by atoms with Crippen molar-refractivity contribution in [1.82, 2.24) is 9.80 Å². The average molecular weight is 671 g/mol. The maximum absolute atomic E-state index is 2.65. The first-order chi connectivity index (χ1) is 22.0. The van der Waals surface area contributed by atoms with Gasteiger partial charge in [-0.15, -0.1) is 0 Å². The molecule has 0 bridgehead atoms. The van der Waals surface area contributed by atoms with Crippen LogP contribution in [0.15, 0.2) is 24.3 Å². The number of nitrogens with zero attached hydrogens (tertiary/aromatic N) is 2. The molecule has 2 saturated heterocycles. The van der Waals surface area contributed by atoms with Gasteiger partial charge < -0.3 is 9.80 Å². The average Bonchev–Trinajstić information content (AvgIpc) is 3.01. The zero-order chi connectivity index (χ0) is 35.6. The fourth-order valence-corrected chi connectivity index (χ4v) is 7.36. The Kier molecular flexibility index (Phi) is 24.7. The minimum atomic E-state index is 0. The SMILES string of the molecule is C.CC(C)c1ccc(C(C)(C)C)cc1.CC1CCC(C(C)C)CC1.CC1CCN(C(C)C)CC1.CCCCN1CCC(CC(C)C)CC1. The number of unbranched alkanes of at least 4 members (excludes halogenated alkanes) is 1. The van der Waals surface area contributed by atoms with E-state index in [1.54, 1.807) is 0 Å². The van der Waals surface area contributed by atoms with Crippen LogP contribution in [0.1, 0.15) is 192 Å². The molecule has 48 heavy (non-hydrogen) atoms. The Morgan fingerprint density at radius 3 is 1.58 bits per heavy atom. The van der Waals surface area contributed by atoms with E-state index >= 15 is 0 Å². The number of hydrogen-bond donors (Lipinski definition) is 0. The van der Waals surface area contributed by atoms with Gasteiger partial charge in [0.25, 0.3) is 0 Å². The Bertz CT molecular complexity index is 826. The van der Waals surface area contributed by atoms with Gasteiger partial charge in [0.1, 0.15) is 0 Å². The van der Waals surface area contributed by atoms with Gasteiger partial charge in [-0.05, 0) is 156 Å². The summed E-state index contributed by atoms with van der Waals surface area (Å²) in [7, 11) is 0. The molecule has 1 aliphatic carbocycles. The molecule has 1 saturated carbocycles. The summed E-state index contributed by atoms with van der Waals surface area (Å²) in [6.45, 7) is 38.9. The summed E-state index contributed by atoms with van der Waals surface area (Å²) < 4.78 is 0. The van der Waals surface area contributed by atoms with E-state index in [0.717, 1.165) is 41.5 Å². The van der Waals surface area contributed by atoms with Crippen molar-refractivity contribution in [3.8, 4) is 0 Å². The molecule has 0 unspecified atom stereocenters. The van der Waals surface area contributed by atoms with E-state index in [1.165, 1.54) is 114 Å². The van der Waals surface area contributed by atoms with Crippen molar-refractivity contribution in [2.24, 2.45) is 35.5 Å². The van der Waals surface area contributed by atoms with E-state index in [9.17, 15) is 0 Å². The molecule has 0 radical (unpaired) electrons. The van der Waals surface area contributed by atoms with Crippen LogP contribution in [0.3, 0.4) is 0 Å². The van der Waals surface area contributed by atoms with Crippen molar-refractivity contribution >= 4 is 0 Å². The van der Waals surface area contributed by atoms with Gasteiger partial charge in [0.2, 0.25) is 0 Å². The Morgan fingerprint density at radius 1 is 0.688 bits per heavy atom. The fraction of sp³-hybridized carbons (Fsp3) is 0.870. The predicted octanol–water partition coefficient (Wildman–Crippen LogP) is 13.9. The van der Waals surface area contributed by atoms with Crippen LogP contribution in [0, 0.1) is 35.5 Å². The molecule has 284 valence electrons. The van der Waals surface area contributed by atoms with Crippen LogP contribution in [0.4, 0.5) is 0 Å². The lowest BCUT2D eigenvalue weighted by Crippen LogP contribution is -2.37. The zero-order valence-corrected chi connectivity index (χ0v) is 34.6. The van der Waals surface area contributed by atoms with Crippen LogP contribution in [-0.2, 0) is 5.41 Å². The Morgan fingerprint density at radius 2 is 1.19 bits per heavy atom. The molecule has 1 aromatic carbocycles. The van der Waals surface area contributed by atoms with Crippen molar-refractivity contribution in [2.45, 2.75) is 192 Å². The number of hydrogen-bond acceptors (Lipinski definition) is 2. The molecule has 0 N–H and O–H groups in total. The first-order valence-corrected chi connectivity index (χ1v) is 20.6. The van der Waals surface area contributed by atoms with Crippen molar-refractivity contribution < 1.29 is 0 Å². The number of piperidine rings is 2. The lowest BCUT2D eigenvalue weighted by atomic mass is 9.78. The third-order valence-electron chi connectivity index (χ3n) is 11.3. The monoisotopic (exact) mass is 671 g/mol. The lowest BCUT2D eigenvalue weighted by Gasteiger charge is -2.33. The molecule has 2 heteroatoms. The van der Waals surface area contributed by atoms with Gasteiger partial charge in [-0.2, -0.15) is 0 Å². The lowest BCUT2D eigenvalue weighted by molar-refractivity contribution is 0.156. The molecule has 1 aromatic rings. The molecule has 4 rings (SSSR count). The second kappa shape index (κ2) is 25.2. The second-order valence-electron chi connectivity index (χ2n) is 18.4. The smallest absolute Gasteiger partial charge is 0.00385 e. The topological polar surface area (TPSA) is 6.48 Å². The fourth-order valence-electron chi connectivity index (χ4n) is 7.36. The second-order valence-corrected chi connectivity index (χ2v) is 18.4. The Balaban J connectivity index is 0.000000615. The Hall–Kier alpha value is -0.860. The predicted molar refractivity (Wildman–Crippen MR) is 221 cm³/mol. The van der Waals surface area contributed by atoms with E-state index in [-0.39, 0.29) is 12.8 Å². The largest absolute Gasteiger partial charge is 0.303 e. The molecule has 2 nitrogen and oxygen atoms in total. The van der Waals surface area contributed by atoms with Crippen LogP contribution in [0.25, 0.3) is 0 Å². The summed E-state index contributed by atoms with van der Waals surface area (Å²) in [5.74, 6) is 6.48. The van der Waals surface area contributed by atoms with Crippen molar-refractivity contribution in [1.29, 1.82) is 0 Å². The number of benzene rings is 1. The minimum absolute atomic E-state index is 0. The maximum atomic E-state index is 2.65. The van der Waals surface area contributed by atoms with Crippen molar-refractivity contribution in [2.75, 3.05) is 32.7 Å². The summed E-state index contributed by atoms with van der Waals surface area (Å²) in [4.78, 5) is 5.22. The van der Waals surface area contributed by atoms with E-state index in [0.29, 0.717) is 5.92 Å². The molecule has 0 aromatic heterocycles. The number of rotatable bonds is 8. The highest BCUT2D eigenvalue weighted by atomic mass is 15.1. The Labute approximate surface area is 305 Å². The zero-order valence-electron chi connectivity index (χ0n) is 34.6. The van der Waals surface area contributed by atoms with Gasteiger partial charge in [0, 0.05) is 6.04 Å². The summed E-state index contributed by atoms with van der Waals surface area (Å²) in [6.07, 6.45) is 15.8. The van der Waals surface area contributed by atoms with E-state index in [2.05, 4.69) is 131 Å². The standard InChI is InChI=1S/C13H27N.C13H20.C10H20.C9H19N.CH4/c1-4-5-8-14-9-6-13(7-10-14)11-12(2)3;1-10(2)11-6-8-12(9-7-11)13(3,4)5;2*1-8(2)10-6-4-9(3)5-7-10;/h12-13H,4-11H2,1-3H3;6-10H,1-5H3;8-10H,4-7H2,1-3H3;8-9H,4-7H2,1-3H3;1H4. The van der Waals surface area contributed by atoms with E-state index < -0.39 is 0 Å². The van der Waals surface area contributed by atoms with Crippen LogP contribution in [0.2, 0.25) is 0 Å². The molecule has 0 spiro atoms. The quantitative estimate of drug-likeness (QED) is 0.272. The van der Waals surface area contributed by atoms with Gasteiger partial charge in [-0.1, -0.05) is 134 Å². The first kappa shape index (κ1) is 47.1. The summed E-state index contributed by atoms with van der Waals surface area (Å²) in [5, 5.41) is 0. The van der Waals surface area contributed by atoms with Gasteiger partial charge in [-0.3, -0.25) is 0 Å². The van der Waals surface area contributed by atoms with Crippen molar-refractivity contribution in [3.63, 3.8) is 0 Å². The highest BCUT2D eigenvalue weighted by Gasteiger charge is 2.21. The van der Waals surface area contributed by atoms with Crippen LogP contribution in [-0.4, -0.2) is 48.6 Å². The number of likely N-dealkylation sites (tertiary alicyclic amines) is 2. The van der Waals surface area contributed by atoms with Crippen LogP contribution >= 0.6 is 0 Å². The van der Waals surface area contributed by atoms with Gasteiger partial charge >= 0.3 is 0 Å². The molecule has 3 aliphatic rings. The normalized spacial score (nSPS) is 21.5. The van der Waals surface area contributed by atoms with Crippen LogP contribution in [0.5, 0.6) is 0 Å². The molecule has 2 heterocycles. The third kappa shape index (κ3) is 20.7. The molecule has 0 amide bonds. The molecule has 3 fully saturated rings. The molecular weight excluding hydrogens is 581 g/mol. The summed E-state index contributed by atoms with van der Waals surface area (Å²) >= 11 is 0. The maximum Gasteiger partial charge on any atom is 0.00385 e. The third-order valence-corrected chi connectivity index (χ3v) is 11.3. The first-order valence-electron chi connectivity index (χ1n) is 20.6. The molecular formula is C46H90N2. The van der Waals surface area contributed by atoms with E-state index in [4.69, 9.17) is 0 Å². The van der Waals surface area contributed by atoms with Gasteiger partial charge in [0.15, 0.2) is 0 Å². The van der Waals surface area contributed by atoms with Crippen molar-refractivity contribution in [3.05, 3.63) is 35.4 Å². The minimum Gasteiger partial charge on any atom is -0.303 e. The van der Waals surface area contributed by atoms with E-state index in [1.807, 2.05) is 0 Å². The molecule has 2 aliphatic heterocycles. The van der Waals surface area contributed by atoms with Gasteiger partial charge in [-0.25, -0.2) is 0 Å². The van der Waals surface area contributed by atoms with Crippen LogP contribution < -0.4 is 0 Å². The molecule has 0 atom stereocenters. The summed E-state index contributed by atoms with van der Waals surface area (Å²) in [5.41, 5.74) is 3.11. The highest BCUT2D eigenvalue weighted by Crippen LogP contribution is 2.32. The van der Waals surface area contributed by atoms with Gasteiger partial charge in [0.05, 0.1) is 0 Å². The highest BCUT2D eigenvalue weighted by molar-refractivity contribution is 5.28.